The number of hydrogen-bond acceptors (Lipinski definition) is 3. The summed E-state index contributed by atoms with van der Waals surface area (Å²) in [5.41, 5.74) is 2.57. The predicted molar refractivity (Wildman–Crippen MR) is 96.4 cm³/mol. The van der Waals surface area contributed by atoms with Crippen molar-refractivity contribution in [1.29, 1.82) is 0 Å². The maximum atomic E-state index is 11.4. The highest BCUT2D eigenvalue weighted by Gasteiger charge is 2.10. The standard InChI is InChI=1S/C18H15ClN4O/c1-13(24)21-18-22-17(15-5-3-2-4-6-15)12-23(18)20-11-14-7-9-16(19)10-8-14/h2-12H,1H3,(H,21,22,24)/b20-11+. The zero-order valence-corrected chi connectivity index (χ0v) is 13.7. The molecule has 5 nitrogen and oxygen atoms in total. The normalized spacial score (nSPS) is 10.9. The second-order valence-electron chi connectivity index (χ2n) is 5.14. The van der Waals surface area contributed by atoms with E-state index in [-0.39, 0.29) is 5.91 Å². The first kappa shape index (κ1) is 16.0. The van der Waals surface area contributed by atoms with Gasteiger partial charge in [0.1, 0.15) is 0 Å². The van der Waals surface area contributed by atoms with Crippen LogP contribution in [0.5, 0.6) is 0 Å². The molecule has 1 aromatic heterocycles. The Hall–Kier alpha value is -2.92. The van der Waals surface area contributed by atoms with Gasteiger partial charge in [-0.25, -0.2) is 9.66 Å². The average molecular weight is 339 g/mol. The molecule has 1 amide bonds. The number of benzene rings is 2. The number of carbonyl (C=O) groups excluding carboxylic acids is 1. The SMILES string of the molecule is CC(=O)Nc1nc(-c2ccccc2)cn1/N=C/c1ccc(Cl)cc1. The van der Waals surface area contributed by atoms with E-state index in [4.69, 9.17) is 11.6 Å². The minimum atomic E-state index is -0.205. The van der Waals surface area contributed by atoms with E-state index in [1.54, 1.807) is 29.2 Å². The van der Waals surface area contributed by atoms with Gasteiger partial charge < -0.3 is 0 Å². The number of carbonyl (C=O) groups is 1. The van der Waals surface area contributed by atoms with Gasteiger partial charge in [0.25, 0.3) is 0 Å². The van der Waals surface area contributed by atoms with Crippen molar-refractivity contribution in [1.82, 2.24) is 9.66 Å². The van der Waals surface area contributed by atoms with Crippen LogP contribution in [0.4, 0.5) is 5.95 Å². The summed E-state index contributed by atoms with van der Waals surface area (Å²) < 4.78 is 1.54. The molecule has 0 saturated heterocycles. The summed E-state index contributed by atoms with van der Waals surface area (Å²) >= 11 is 5.88. The van der Waals surface area contributed by atoms with Crippen molar-refractivity contribution < 1.29 is 4.79 Å². The number of amides is 1. The van der Waals surface area contributed by atoms with Gasteiger partial charge in [0, 0.05) is 17.5 Å². The lowest BCUT2D eigenvalue weighted by atomic mass is 10.2. The van der Waals surface area contributed by atoms with E-state index in [1.807, 2.05) is 42.5 Å². The van der Waals surface area contributed by atoms with E-state index >= 15 is 0 Å². The third kappa shape index (κ3) is 3.88. The molecular weight excluding hydrogens is 324 g/mol. The molecule has 0 atom stereocenters. The fraction of sp³-hybridized carbons (Fsp3) is 0.0556. The van der Waals surface area contributed by atoms with Crippen LogP contribution in [0.2, 0.25) is 5.02 Å². The van der Waals surface area contributed by atoms with E-state index in [1.165, 1.54) is 6.92 Å². The summed E-state index contributed by atoms with van der Waals surface area (Å²) in [6.45, 7) is 1.43. The largest absolute Gasteiger partial charge is 0.295 e. The maximum Gasteiger partial charge on any atom is 0.231 e. The van der Waals surface area contributed by atoms with Gasteiger partial charge in [-0.3, -0.25) is 10.1 Å². The molecule has 0 aliphatic carbocycles. The molecule has 0 bridgehead atoms. The topological polar surface area (TPSA) is 59.3 Å². The second-order valence-corrected chi connectivity index (χ2v) is 5.57. The average Bonchev–Trinajstić information content (AvgIpc) is 2.97. The van der Waals surface area contributed by atoms with Gasteiger partial charge in [0.05, 0.1) is 18.1 Å². The van der Waals surface area contributed by atoms with Gasteiger partial charge in [-0.15, -0.1) is 0 Å². The van der Waals surface area contributed by atoms with Crippen molar-refractivity contribution in [2.75, 3.05) is 5.32 Å². The minimum Gasteiger partial charge on any atom is -0.295 e. The van der Waals surface area contributed by atoms with Crippen LogP contribution in [0.3, 0.4) is 0 Å². The quantitative estimate of drug-likeness (QED) is 0.730. The van der Waals surface area contributed by atoms with Crippen molar-refractivity contribution in [3.8, 4) is 11.3 Å². The van der Waals surface area contributed by atoms with E-state index < -0.39 is 0 Å². The zero-order chi connectivity index (χ0) is 16.9. The molecule has 24 heavy (non-hydrogen) atoms. The van der Waals surface area contributed by atoms with Crippen LogP contribution < -0.4 is 5.32 Å². The summed E-state index contributed by atoms with van der Waals surface area (Å²) in [6, 6.07) is 17.0. The predicted octanol–water partition coefficient (Wildman–Crippen LogP) is 4.04. The highest BCUT2D eigenvalue weighted by molar-refractivity contribution is 6.30. The summed E-state index contributed by atoms with van der Waals surface area (Å²) in [7, 11) is 0. The molecule has 0 aliphatic heterocycles. The molecule has 0 saturated carbocycles. The Morgan fingerprint density at radius 3 is 2.54 bits per heavy atom. The van der Waals surface area contributed by atoms with E-state index in [2.05, 4.69) is 15.4 Å². The van der Waals surface area contributed by atoms with Crippen LogP contribution >= 0.6 is 11.6 Å². The molecule has 3 rings (SSSR count). The molecular formula is C18H15ClN4O. The molecule has 1 heterocycles. The highest BCUT2D eigenvalue weighted by atomic mass is 35.5. The molecule has 1 N–H and O–H groups in total. The molecule has 0 fully saturated rings. The minimum absolute atomic E-state index is 0.205. The van der Waals surface area contributed by atoms with Crippen LogP contribution in [0, 0.1) is 0 Å². The van der Waals surface area contributed by atoms with Crippen molar-refractivity contribution in [3.05, 3.63) is 71.4 Å². The number of aromatic nitrogens is 2. The Balaban J connectivity index is 1.94. The lowest BCUT2D eigenvalue weighted by Crippen LogP contribution is -2.10. The first-order valence-electron chi connectivity index (χ1n) is 7.34. The first-order valence-corrected chi connectivity index (χ1v) is 7.72. The van der Waals surface area contributed by atoms with E-state index in [0.717, 1.165) is 16.8 Å². The Bertz CT molecular complexity index is 870. The Morgan fingerprint density at radius 2 is 1.88 bits per heavy atom. The van der Waals surface area contributed by atoms with Crippen molar-refractivity contribution >= 4 is 29.7 Å². The summed E-state index contributed by atoms with van der Waals surface area (Å²) in [5, 5.41) is 7.73. The van der Waals surface area contributed by atoms with E-state index in [0.29, 0.717) is 11.0 Å². The third-order valence-electron chi connectivity index (χ3n) is 3.25. The van der Waals surface area contributed by atoms with Crippen LogP contribution in [-0.4, -0.2) is 21.8 Å². The third-order valence-corrected chi connectivity index (χ3v) is 3.50. The molecule has 3 aromatic rings. The van der Waals surface area contributed by atoms with Crippen LogP contribution in [0.25, 0.3) is 11.3 Å². The molecule has 0 spiro atoms. The van der Waals surface area contributed by atoms with Gasteiger partial charge in [-0.1, -0.05) is 54.1 Å². The fourth-order valence-corrected chi connectivity index (χ4v) is 2.25. The number of hydrogen-bond donors (Lipinski definition) is 1. The molecule has 6 heteroatoms. The molecule has 0 unspecified atom stereocenters. The smallest absolute Gasteiger partial charge is 0.231 e. The zero-order valence-electron chi connectivity index (χ0n) is 13.0. The first-order chi connectivity index (χ1) is 11.6. The number of nitrogens with zero attached hydrogens (tertiary/aromatic N) is 3. The van der Waals surface area contributed by atoms with Crippen LogP contribution in [-0.2, 0) is 4.79 Å². The summed E-state index contributed by atoms with van der Waals surface area (Å²) in [6.07, 6.45) is 3.45. The number of halogens is 1. The van der Waals surface area contributed by atoms with Crippen LogP contribution in [0.1, 0.15) is 12.5 Å². The molecule has 0 aliphatic rings. The van der Waals surface area contributed by atoms with Crippen LogP contribution in [0.15, 0.2) is 65.9 Å². The van der Waals surface area contributed by atoms with Crippen molar-refractivity contribution in [2.45, 2.75) is 6.92 Å². The van der Waals surface area contributed by atoms with E-state index in [9.17, 15) is 4.79 Å². The lowest BCUT2D eigenvalue weighted by molar-refractivity contribution is -0.114. The fourth-order valence-electron chi connectivity index (χ4n) is 2.13. The molecule has 120 valence electrons. The van der Waals surface area contributed by atoms with Gasteiger partial charge in [0.15, 0.2) is 0 Å². The number of nitrogens with one attached hydrogen (secondary N) is 1. The van der Waals surface area contributed by atoms with Crippen molar-refractivity contribution in [3.63, 3.8) is 0 Å². The Kier molecular flexibility index (Phi) is 4.72. The van der Waals surface area contributed by atoms with Crippen molar-refractivity contribution in [2.24, 2.45) is 5.10 Å². The Labute approximate surface area is 144 Å². The second kappa shape index (κ2) is 7.10. The van der Waals surface area contributed by atoms with Gasteiger partial charge in [-0.05, 0) is 17.7 Å². The maximum absolute atomic E-state index is 11.4. The summed E-state index contributed by atoms with van der Waals surface area (Å²) in [5.74, 6) is 0.162. The summed E-state index contributed by atoms with van der Waals surface area (Å²) in [4.78, 5) is 15.8. The number of anilines is 1. The number of imidazole rings is 1. The Morgan fingerprint density at radius 1 is 1.17 bits per heavy atom. The lowest BCUT2D eigenvalue weighted by Gasteiger charge is -2.01. The van der Waals surface area contributed by atoms with Gasteiger partial charge in [-0.2, -0.15) is 5.10 Å². The van der Waals surface area contributed by atoms with Gasteiger partial charge >= 0.3 is 0 Å². The monoisotopic (exact) mass is 338 g/mol. The highest BCUT2D eigenvalue weighted by Crippen LogP contribution is 2.20. The van der Waals surface area contributed by atoms with Gasteiger partial charge in [0.2, 0.25) is 11.9 Å². The molecule has 2 aromatic carbocycles. The number of rotatable bonds is 4. The molecule has 0 radical (unpaired) electrons.